The van der Waals surface area contributed by atoms with E-state index in [2.05, 4.69) is 19.2 Å². The summed E-state index contributed by atoms with van der Waals surface area (Å²) in [7, 11) is 0. The molecule has 0 aromatic carbocycles. The first kappa shape index (κ1) is 15.4. The van der Waals surface area contributed by atoms with Gasteiger partial charge in [0.25, 0.3) is 0 Å². The fourth-order valence-corrected chi connectivity index (χ4v) is 2.78. The highest BCUT2D eigenvalue weighted by molar-refractivity contribution is 5.73. The number of rotatable bonds is 5. The number of carbonyl (C=O) groups is 1. The predicted molar refractivity (Wildman–Crippen MR) is 71.7 cm³/mol. The van der Waals surface area contributed by atoms with Gasteiger partial charge >= 0.3 is 5.97 Å². The highest BCUT2D eigenvalue weighted by Crippen LogP contribution is 2.37. The summed E-state index contributed by atoms with van der Waals surface area (Å²) in [6, 6.07) is -0.417. The summed E-state index contributed by atoms with van der Waals surface area (Å²) in [5.74, 6) is -0.416. The minimum atomic E-state index is -0.774. The zero-order chi connectivity index (χ0) is 14.1. The monoisotopic (exact) mass is 257 g/mol. The first-order chi connectivity index (χ1) is 8.03. The van der Waals surface area contributed by atoms with Gasteiger partial charge in [-0.1, -0.05) is 13.8 Å². The van der Waals surface area contributed by atoms with Gasteiger partial charge in [-0.05, 0) is 46.5 Å². The molecule has 4 heteroatoms. The van der Waals surface area contributed by atoms with Crippen LogP contribution in [0.3, 0.4) is 0 Å². The average Bonchev–Trinajstić information content (AvgIpc) is 2.32. The molecule has 18 heavy (non-hydrogen) atoms. The van der Waals surface area contributed by atoms with Gasteiger partial charge < -0.3 is 9.84 Å². The summed E-state index contributed by atoms with van der Waals surface area (Å²) >= 11 is 0. The topological polar surface area (TPSA) is 58.6 Å². The maximum atomic E-state index is 11.3. The number of carboxylic acid groups (broad SMARTS) is 1. The third-order valence-corrected chi connectivity index (χ3v) is 3.48. The summed E-state index contributed by atoms with van der Waals surface area (Å²) in [6.45, 7) is 12.2. The Hall–Kier alpha value is -0.610. The van der Waals surface area contributed by atoms with E-state index in [0.717, 1.165) is 6.42 Å². The van der Waals surface area contributed by atoms with Crippen LogP contribution in [0.2, 0.25) is 0 Å². The van der Waals surface area contributed by atoms with Crippen LogP contribution in [0.1, 0.15) is 54.4 Å². The molecular formula is C14H27NO3. The molecule has 1 heterocycles. The molecular weight excluding hydrogens is 230 g/mol. The number of aliphatic carboxylic acids is 1. The SMILES string of the molecule is CC(C)CC(NC1CC(C)(C)OC1(C)C)C(=O)O. The van der Waals surface area contributed by atoms with Crippen molar-refractivity contribution in [3.8, 4) is 0 Å². The largest absolute Gasteiger partial charge is 0.480 e. The van der Waals surface area contributed by atoms with Crippen LogP contribution in [0.4, 0.5) is 0 Å². The van der Waals surface area contributed by atoms with Gasteiger partial charge in [0.15, 0.2) is 0 Å². The molecule has 0 radical (unpaired) electrons. The van der Waals surface area contributed by atoms with E-state index >= 15 is 0 Å². The molecule has 0 aromatic rings. The van der Waals surface area contributed by atoms with Crippen molar-refractivity contribution >= 4 is 5.97 Å². The molecule has 0 bridgehead atoms. The molecule has 1 fully saturated rings. The van der Waals surface area contributed by atoms with Crippen molar-refractivity contribution in [2.75, 3.05) is 0 Å². The number of hydrogen-bond donors (Lipinski definition) is 2. The molecule has 2 N–H and O–H groups in total. The zero-order valence-corrected chi connectivity index (χ0v) is 12.4. The number of carboxylic acids is 1. The average molecular weight is 257 g/mol. The van der Waals surface area contributed by atoms with Crippen LogP contribution in [-0.2, 0) is 9.53 Å². The Morgan fingerprint density at radius 3 is 2.28 bits per heavy atom. The van der Waals surface area contributed by atoms with E-state index in [-0.39, 0.29) is 17.2 Å². The van der Waals surface area contributed by atoms with Gasteiger partial charge in [0.2, 0.25) is 0 Å². The lowest BCUT2D eigenvalue weighted by Gasteiger charge is -2.30. The Morgan fingerprint density at radius 2 is 1.94 bits per heavy atom. The zero-order valence-electron chi connectivity index (χ0n) is 12.4. The van der Waals surface area contributed by atoms with Crippen LogP contribution in [0.25, 0.3) is 0 Å². The molecule has 2 atom stereocenters. The molecule has 0 amide bonds. The lowest BCUT2D eigenvalue weighted by Crippen LogP contribution is -2.51. The van der Waals surface area contributed by atoms with Gasteiger partial charge in [-0.3, -0.25) is 10.1 Å². The van der Waals surface area contributed by atoms with Gasteiger partial charge in [0.05, 0.1) is 11.2 Å². The highest BCUT2D eigenvalue weighted by Gasteiger charge is 2.46. The van der Waals surface area contributed by atoms with Crippen LogP contribution in [-0.4, -0.2) is 34.4 Å². The molecule has 1 aliphatic rings. The number of nitrogens with one attached hydrogen (secondary N) is 1. The van der Waals surface area contributed by atoms with E-state index < -0.39 is 12.0 Å². The van der Waals surface area contributed by atoms with Crippen LogP contribution in [0.5, 0.6) is 0 Å². The fourth-order valence-electron chi connectivity index (χ4n) is 2.78. The third kappa shape index (κ3) is 3.95. The second-order valence-electron chi connectivity index (χ2n) is 6.91. The molecule has 1 aliphatic heterocycles. The van der Waals surface area contributed by atoms with Crippen molar-refractivity contribution < 1.29 is 14.6 Å². The van der Waals surface area contributed by atoms with E-state index in [4.69, 9.17) is 4.74 Å². The summed E-state index contributed by atoms with van der Waals surface area (Å²) in [5.41, 5.74) is -0.518. The molecule has 2 unspecified atom stereocenters. The van der Waals surface area contributed by atoms with Gasteiger partial charge in [0, 0.05) is 6.04 Å². The summed E-state index contributed by atoms with van der Waals surface area (Å²) in [4.78, 5) is 11.3. The number of ether oxygens (including phenoxy) is 1. The molecule has 0 spiro atoms. The molecule has 0 aliphatic carbocycles. The minimum Gasteiger partial charge on any atom is -0.480 e. The second-order valence-corrected chi connectivity index (χ2v) is 6.91. The molecule has 106 valence electrons. The standard InChI is InChI=1S/C14H27NO3/c1-9(2)7-10(12(16)17)15-11-8-13(3,4)18-14(11,5)6/h9-11,15H,7-8H2,1-6H3,(H,16,17). The van der Waals surface area contributed by atoms with Crippen molar-refractivity contribution in [3.63, 3.8) is 0 Å². The van der Waals surface area contributed by atoms with Crippen LogP contribution >= 0.6 is 0 Å². The Morgan fingerprint density at radius 1 is 1.39 bits per heavy atom. The second kappa shape index (κ2) is 5.17. The van der Waals surface area contributed by atoms with Gasteiger partial charge in [-0.25, -0.2) is 0 Å². The summed E-state index contributed by atoms with van der Waals surface area (Å²) < 4.78 is 5.98. The van der Waals surface area contributed by atoms with Crippen LogP contribution < -0.4 is 5.32 Å². The van der Waals surface area contributed by atoms with Crippen molar-refractivity contribution in [2.45, 2.75) is 77.7 Å². The van der Waals surface area contributed by atoms with Crippen molar-refractivity contribution in [3.05, 3.63) is 0 Å². The van der Waals surface area contributed by atoms with E-state index in [1.54, 1.807) is 0 Å². The van der Waals surface area contributed by atoms with Crippen LogP contribution in [0, 0.1) is 5.92 Å². The van der Waals surface area contributed by atoms with E-state index in [9.17, 15) is 9.90 Å². The lowest BCUT2D eigenvalue weighted by atomic mass is 9.92. The van der Waals surface area contributed by atoms with Crippen LogP contribution in [0.15, 0.2) is 0 Å². The fraction of sp³-hybridized carbons (Fsp3) is 0.929. The van der Waals surface area contributed by atoms with Crippen molar-refractivity contribution in [1.82, 2.24) is 5.32 Å². The van der Waals surface area contributed by atoms with Gasteiger partial charge in [-0.2, -0.15) is 0 Å². The maximum Gasteiger partial charge on any atom is 0.320 e. The molecule has 0 aromatic heterocycles. The van der Waals surface area contributed by atoms with Crippen molar-refractivity contribution in [1.29, 1.82) is 0 Å². The Bertz CT molecular complexity index is 310. The first-order valence-corrected chi connectivity index (χ1v) is 6.72. The maximum absolute atomic E-state index is 11.3. The quantitative estimate of drug-likeness (QED) is 0.794. The Balaban J connectivity index is 2.72. The smallest absolute Gasteiger partial charge is 0.320 e. The molecule has 0 saturated carbocycles. The predicted octanol–water partition coefficient (Wildman–Crippen LogP) is 2.42. The molecule has 4 nitrogen and oxygen atoms in total. The third-order valence-electron chi connectivity index (χ3n) is 3.48. The first-order valence-electron chi connectivity index (χ1n) is 6.72. The molecule has 1 rings (SSSR count). The van der Waals surface area contributed by atoms with Crippen molar-refractivity contribution in [2.24, 2.45) is 5.92 Å². The summed E-state index contributed by atoms with van der Waals surface area (Å²) in [5, 5.41) is 12.5. The van der Waals surface area contributed by atoms with E-state index in [1.807, 2.05) is 27.7 Å². The van der Waals surface area contributed by atoms with Gasteiger partial charge in [-0.15, -0.1) is 0 Å². The molecule has 1 saturated heterocycles. The Labute approximate surface area is 110 Å². The highest BCUT2D eigenvalue weighted by atomic mass is 16.5. The summed E-state index contributed by atoms with van der Waals surface area (Å²) in [6.07, 6.45) is 1.48. The minimum absolute atomic E-state index is 0.0762. The Kier molecular flexibility index (Phi) is 4.44. The lowest BCUT2D eigenvalue weighted by molar-refractivity contribution is -0.140. The normalized spacial score (nSPS) is 27.4. The van der Waals surface area contributed by atoms with E-state index in [1.165, 1.54) is 0 Å². The number of hydrogen-bond acceptors (Lipinski definition) is 3. The van der Waals surface area contributed by atoms with Gasteiger partial charge in [0.1, 0.15) is 6.04 Å². The van der Waals surface area contributed by atoms with E-state index in [0.29, 0.717) is 12.3 Å².